The summed E-state index contributed by atoms with van der Waals surface area (Å²) in [4.78, 5) is 20.1. The van der Waals surface area contributed by atoms with Gasteiger partial charge in [0, 0.05) is 0 Å². The number of carboxylic acids is 2. The van der Waals surface area contributed by atoms with Gasteiger partial charge in [0.1, 0.15) is 0 Å². The lowest BCUT2D eigenvalue weighted by molar-refractivity contribution is -0.133. The van der Waals surface area contributed by atoms with Gasteiger partial charge in [0.2, 0.25) is 0 Å². The van der Waals surface area contributed by atoms with Crippen molar-refractivity contribution in [2.75, 3.05) is 0 Å². The van der Waals surface area contributed by atoms with E-state index in [1.807, 2.05) is 0 Å². The summed E-state index contributed by atoms with van der Waals surface area (Å²) in [7, 11) is 0. The summed E-state index contributed by atoms with van der Waals surface area (Å²) in [5.74, 6) is -2.33. The third-order valence-electron chi connectivity index (χ3n) is 0.982. The molecule has 0 aliphatic rings. The normalized spacial score (nSPS) is 8.09. The Balaban J connectivity index is 4.61. The number of carbonyl (C=O) groups is 2. The largest absolute Gasteiger partial charge is 0.478 e. The van der Waals surface area contributed by atoms with E-state index in [-0.39, 0.29) is 12.0 Å². The fraction of sp³-hybridized carbons (Fsp3) is 0.286. The first-order valence-electron chi connectivity index (χ1n) is 2.99. The van der Waals surface area contributed by atoms with E-state index in [0.29, 0.717) is 6.08 Å². The monoisotopic (exact) mass is 156 g/mol. The van der Waals surface area contributed by atoms with Crippen molar-refractivity contribution in [1.82, 2.24) is 0 Å². The van der Waals surface area contributed by atoms with Crippen LogP contribution in [0.25, 0.3) is 0 Å². The standard InChI is InChI=1S/C7H8O4/c1-2-5(7(10)11)3-4-6(8)9/h4H,2H2,1H3,(H,8,9)(H,10,11). The molecule has 0 aliphatic heterocycles. The molecule has 0 heterocycles. The zero-order chi connectivity index (χ0) is 8.85. The minimum atomic E-state index is -1.20. The van der Waals surface area contributed by atoms with Crippen LogP contribution in [0.2, 0.25) is 0 Å². The van der Waals surface area contributed by atoms with Crippen molar-refractivity contribution in [1.29, 1.82) is 0 Å². The van der Waals surface area contributed by atoms with Crippen molar-refractivity contribution in [3.8, 4) is 0 Å². The average molecular weight is 156 g/mol. The molecule has 0 rings (SSSR count). The average Bonchev–Trinajstić information content (AvgIpc) is 1.87. The van der Waals surface area contributed by atoms with Crippen LogP contribution in [0.4, 0.5) is 0 Å². The van der Waals surface area contributed by atoms with Gasteiger partial charge < -0.3 is 10.2 Å². The predicted molar refractivity (Wildman–Crippen MR) is 37.2 cm³/mol. The third kappa shape index (κ3) is 3.95. The molecule has 0 amide bonds. The highest BCUT2D eigenvalue weighted by Crippen LogP contribution is 1.96. The van der Waals surface area contributed by atoms with Crippen molar-refractivity contribution in [3.63, 3.8) is 0 Å². The summed E-state index contributed by atoms with van der Waals surface area (Å²) < 4.78 is 0. The molecule has 0 spiro atoms. The van der Waals surface area contributed by atoms with E-state index in [1.165, 1.54) is 0 Å². The molecule has 60 valence electrons. The van der Waals surface area contributed by atoms with E-state index in [0.717, 1.165) is 0 Å². The number of hydrogen-bond acceptors (Lipinski definition) is 2. The maximum absolute atomic E-state index is 10.2. The first kappa shape index (κ1) is 9.46. The van der Waals surface area contributed by atoms with Gasteiger partial charge in [0.15, 0.2) is 0 Å². The first-order chi connectivity index (χ1) is 5.07. The van der Waals surface area contributed by atoms with Crippen molar-refractivity contribution >= 4 is 11.9 Å². The molecular formula is C7H8O4. The summed E-state index contributed by atoms with van der Waals surface area (Å²) in [6.45, 7) is 1.62. The minimum Gasteiger partial charge on any atom is -0.478 e. The molecule has 0 radical (unpaired) electrons. The highest BCUT2D eigenvalue weighted by Gasteiger charge is 2.01. The lowest BCUT2D eigenvalue weighted by atomic mass is 10.2. The molecular weight excluding hydrogens is 148 g/mol. The molecule has 0 aromatic rings. The van der Waals surface area contributed by atoms with Crippen molar-refractivity contribution in [2.24, 2.45) is 0 Å². The van der Waals surface area contributed by atoms with E-state index >= 15 is 0 Å². The molecule has 2 N–H and O–H groups in total. The zero-order valence-electron chi connectivity index (χ0n) is 6.00. The summed E-state index contributed by atoms with van der Waals surface area (Å²) in [6.07, 6.45) is 0.950. The van der Waals surface area contributed by atoms with Crippen LogP contribution in [-0.2, 0) is 9.59 Å². The Kier molecular flexibility index (Phi) is 3.70. The number of rotatable bonds is 3. The fourth-order valence-electron chi connectivity index (χ4n) is 0.464. The van der Waals surface area contributed by atoms with Crippen LogP contribution in [0.5, 0.6) is 0 Å². The minimum absolute atomic E-state index is 0.0348. The van der Waals surface area contributed by atoms with Crippen molar-refractivity contribution in [2.45, 2.75) is 13.3 Å². The van der Waals surface area contributed by atoms with Gasteiger partial charge in [-0.25, -0.2) is 9.59 Å². The second-order valence-electron chi connectivity index (χ2n) is 1.76. The quantitative estimate of drug-likeness (QED) is 0.464. The van der Waals surface area contributed by atoms with Crippen LogP contribution in [0.1, 0.15) is 13.3 Å². The van der Waals surface area contributed by atoms with Gasteiger partial charge in [0.25, 0.3) is 0 Å². The molecule has 0 atom stereocenters. The van der Waals surface area contributed by atoms with E-state index in [4.69, 9.17) is 10.2 Å². The summed E-state index contributed by atoms with van der Waals surface area (Å²) in [5, 5.41) is 16.5. The first-order valence-corrected chi connectivity index (χ1v) is 2.99. The molecule has 0 fully saturated rings. The molecule has 4 nitrogen and oxygen atoms in total. The molecule has 11 heavy (non-hydrogen) atoms. The molecule has 0 bridgehead atoms. The molecule has 0 aromatic carbocycles. The van der Waals surface area contributed by atoms with E-state index in [1.54, 1.807) is 6.92 Å². The fourth-order valence-corrected chi connectivity index (χ4v) is 0.464. The smallest absolute Gasteiger partial charge is 0.339 e. The highest BCUT2D eigenvalue weighted by atomic mass is 16.4. The second-order valence-corrected chi connectivity index (χ2v) is 1.76. The van der Waals surface area contributed by atoms with Crippen molar-refractivity contribution in [3.05, 3.63) is 17.4 Å². The molecule has 0 unspecified atom stereocenters. The molecule has 0 aliphatic carbocycles. The molecule has 4 heteroatoms. The Hall–Kier alpha value is -1.54. The van der Waals surface area contributed by atoms with Crippen LogP contribution in [0.15, 0.2) is 17.4 Å². The van der Waals surface area contributed by atoms with Crippen LogP contribution in [-0.4, -0.2) is 22.2 Å². The topological polar surface area (TPSA) is 74.6 Å². The Bertz CT molecular complexity index is 233. The third-order valence-corrected chi connectivity index (χ3v) is 0.982. The van der Waals surface area contributed by atoms with E-state index in [9.17, 15) is 9.59 Å². The lowest BCUT2D eigenvalue weighted by Crippen LogP contribution is -1.97. The number of aliphatic carboxylic acids is 2. The highest BCUT2D eigenvalue weighted by molar-refractivity contribution is 5.88. The van der Waals surface area contributed by atoms with E-state index in [2.05, 4.69) is 5.73 Å². The van der Waals surface area contributed by atoms with Crippen LogP contribution in [0, 0.1) is 0 Å². The molecule has 0 saturated heterocycles. The van der Waals surface area contributed by atoms with E-state index < -0.39 is 11.9 Å². The van der Waals surface area contributed by atoms with Gasteiger partial charge >= 0.3 is 11.9 Å². The Morgan fingerprint density at radius 2 is 2.00 bits per heavy atom. The summed E-state index contributed by atoms with van der Waals surface area (Å²) in [6, 6.07) is 0. The zero-order valence-corrected chi connectivity index (χ0v) is 6.00. The van der Waals surface area contributed by atoms with Gasteiger partial charge in [-0.1, -0.05) is 6.92 Å². The van der Waals surface area contributed by atoms with Crippen LogP contribution in [0.3, 0.4) is 0 Å². The van der Waals surface area contributed by atoms with Crippen LogP contribution >= 0.6 is 0 Å². The predicted octanol–water partition coefficient (Wildman–Crippen LogP) is 0.647. The molecule has 0 saturated carbocycles. The molecule has 0 aromatic heterocycles. The van der Waals surface area contributed by atoms with Gasteiger partial charge in [-0.05, 0) is 6.42 Å². The summed E-state index contributed by atoms with van der Waals surface area (Å²) in [5.41, 5.74) is 2.13. The number of carboxylic acid groups (broad SMARTS) is 2. The van der Waals surface area contributed by atoms with Gasteiger partial charge in [-0.2, -0.15) is 0 Å². The van der Waals surface area contributed by atoms with Gasteiger partial charge in [-0.15, -0.1) is 5.73 Å². The summed E-state index contributed by atoms with van der Waals surface area (Å²) >= 11 is 0. The second kappa shape index (κ2) is 4.30. The van der Waals surface area contributed by atoms with Gasteiger partial charge in [0.05, 0.1) is 11.6 Å². The maximum Gasteiger partial charge on any atom is 0.339 e. The number of hydrogen-bond donors (Lipinski definition) is 2. The van der Waals surface area contributed by atoms with Crippen molar-refractivity contribution < 1.29 is 19.8 Å². The van der Waals surface area contributed by atoms with Crippen LogP contribution < -0.4 is 0 Å². The Morgan fingerprint density at radius 1 is 1.45 bits per heavy atom. The van der Waals surface area contributed by atoms with Gasteiger partial charge in [-0.3, -0.25) is 0 Å². The lowest BCUT2D eigenvalue weighted by Gasteiger charge is -1.88. The Labute approximate surface area is 63.5 Å². The SMILES string of the molecule is CCC(=C=CC(=O)O)C(=O)O. The maximum atomic E-state index is 10.2. The Morgan fingerprint density at radius 3 is 2.27 bits per heavy atom.